The van der Waals surface area contributed by atoms with Gasteiger partial charge in [0.05, 0.1) is 25.2 Å². The SMILES string of the molecule is CC(C)[C@H](NC(=O)[C@H](CCCN=C(N)N)NC(=O)[C@H](CC(=O)O)NC(=O)[C@H](CCC(=O)O)NC(=O)[C@H](Cc1ccccc1)NC(=O)[C@H](CO)NC(=O)[C@H](CCCCN)NC(=O)[C@H](Cc1ccccc1)NC(=O)[C@@H](NC(=O)[C@H](C)N)[C@@H](C)O)C(=O)O. The molecule has 9 amide bonds. The maximum atomic E-state index is 14.3. The Balaban J connectivity index is 2.52. The molecule has 22 N–H and O–H groups in total. The molecule has 0 heterocycles. The quantitative estimate of drug-likeness (QED) is 0.0169. The molecule has 0 aliphatic heterocycles. The smallest absolute Gasteiger partial charge is 0.326 e. The number of unbranched alkanes of at least 4 members (excludes halogenated alkanes) is 1. The van der Waals surface area contributed by atoms with Crippen molar-refractivity contribution < 1.29 is 83.1 Å². The number of aliphatic carboxylic acids is 3. The summed E-state index contributed by atoms with van der Waals surface area (Å²) in [6.45, 7) is 4.60. The van der Waals surface area contributed by atoms with Gasteiger partial charge in [0.1, 0.15) is 54.4 Å². The first-order chi connectivity index (χ1) is 40.1. The van der Waals surface area contributed by atoms with Gasteiger partial charge in [0.2, 0.25) is 53.2 Å². The summed E-state index contributed by atoms with van der Waals surface area (Å²) in [6.07, 6.45) is -4.28. The Bertz CT molecular complexity index is 2610. The standard InChI is InChI=1S/C54H82N14O17/c1-28(2)42(53(84)85)67-47(78)34(19-13-23-59-54(57)58)61-50(81)38(26-41(73)74)64-46(77)35(20-21-40(71)72)62-48(79)36(24-31-14-7-5-8-15-31)63-51(82)39(27-69)66-45(76)33(18-11-12-22-55)60-49(80)37(25-32-16-9-6-10-17-32)65-52(83)43(30(4)70)68-44(75)29(3)56/h5-10,14-17,28-30,33-39,42-43,69-70H,11-13,18-27,55-56H2,1-4H3,(H,60,80)(H,61,81)(H,62,79)(H,63,82)(H,64,77)(H,65,83)(H,66,76)(H,67,78)(H,68,75)(H,71,72)(H,73,74)(H,84,85)(H4,57,58,59)/t29-,30+,33-,34-,35-,36-,37-,38-,39-,42-,43-/m0/s1. The lowest BCUT2D eigenvalue weighted by Gasteiger charge is -2.28. The number of guanidine groups is 1. The number of hydrogen-bond acceptors (Lipinski definition) is 17. The summed E-state index contributed by atoms with van der Waals surface area (Å²) in [5, 5.41) is 71.5. The lowest BCUT2D eigenvalue weighted by atomic mass is 10.0. The van der Waals surface area contributed by atoms with Crippen LogP contribution in [-0.2, 0) is 70.4 Å². The van der Waals surface area contributed by atoms with Crippen molar-refractivity contribution in [3.05, 3.63) is 71.8 Å². The minimum atomic E-state index is -2.02. The van der Waals surface area contributed by atoms with Crippen LogP contribution in [0, 0.1) is 5.92 Å². The number of carbonyl (C=O) groups is 12. The maximum absolute atomic E-state index is 14.3. The molecular weight excluding hydrogens is 1120 g/mol. The van der Waals surface area contributed by atoms with Gasteiger partial charge in [0.15, 0.2) is 5.96 Å². The van der Waals surface area contributed by atoms with Gasteiger partial charge in [0, 0.05) is 25.8 Å². The van der Waals surface area contributed by atoms with Gasteiger partial charge in [0.25, 0.3) is 0 Å². The van der Waals surface area contributed by atoms with Crippen LogP contribution in [-0.4, -0.2) is 189 Å². The summed E-state index contributed by atoms with van der Waals surface area (Å²) in [5.74, 6) is -15.1. The van der Waals surface area contributed by atoms with Crippen molar-refractivity contribution in [3.8, 4) is 0 Å². The van der Waals surface area contributed by atoms with Gasteiger partial charge in [-0.05, 0) is 76.0 Å². The van der Waals surface area contributed by atoms with Crippen LogP contribution >= 0.6 is 0 Å². The largest absolute Gasteiger partial charge is 0.481 e. The number of hydrogen-bond donors (Lipinski definition) is 18. The number of rotatable bonds is 39. The van der Waals surface area contributed by atoms with Crippen LogP contribution in [0.4, 0.5) is 0 Å². The van der Waals surface area contributed by atoms with Crippen LogP contribution in [0.2, 0.25) is 0 Å². The monoisotopic (exact) mass is 1200 g/mol. The first-order valence-electron chi connectivity index (χ1n) is 27.4. The second-order valence-corrected chi connectivity index (χ2v) is 20.3. The fraction of sp³-hybridized carbons (Fsp3) is 0.537. The summed E-state index contributed by atoms with van der Waals surface area (Å²) >= 11 is 0. The molecule has 0 fully saturated rings. The second-order valence-electron chi connectivity index (χ2n) is 20.3. The van der Waals surface area contributed by atoms with Crippen LogP contribution < -0.4 is 70.8 Å². The topological polar surface area (TPSA) is 531 Å². The fourth-order valence-corrected chi connectivity index (χ4v) is 8.12. The van der Waals surface area contributed by atoms with Gasteiger partial charge in [-0.15, -0.1) is 0 Å². The van der Waals surface area contributed by atoms with Crippen LogP contribution in [0.15, 0.2) is 65.7 Å². The van der Waals surface area contributed by atoms with Gasteiger partial charge >= 0.3 is 17.9 Å². The Morgan fingerprint density at radius 2 is 0.882 bits per heavy atom. The van der Waals surface area contributed by atoms with Crippen molar-refractivity contribution in [3.63, 3.8) is 0 Å². The molecule has 85 heavy (non-hydrogen) atoms. The molecule has 0 bridgehead atoms. The average molecular weight is 1200 g/mol. The minimum absolute atomic E-state index is 0.0287. The summed E-state index contributed by atoms with van der Waals surface area (Å²) in [6, 6.07) is 0.309. The maximum Gasteiger partial charge on any atom is 0.326 e. The number of aliphatic hydroxyl groups excluding tert-OH is 2. The Hall–Kier alpha value is -8.81. The first-order valence-corrected chi connectivity index (χ1v) is 27.4. The van der Waals surface area contributed by atoms with E-state index < -0.39 is 169 Å². The molecule has 0 aromatic heterocycles. The lowest BCUT2D eigenvalue weighted by molar-refractivity contribution is -0.144. The molecule has 31 nitrogen and oxygen atoms in total. The molecular formula is C54H82N14O17. The average Bonchev–Trinajstić information content (AvgIpc) is 3.65. The highest BCUT2D eigenvalue weighted by Crippen LogP contribution is 2.12. The van der Waals surface area contributed by atoms with Gasteiger partial charge in [-0.1, -0.05) is 74.5 Å². The molecule has 0 radical (unpaired) electrons. The fourth-order valence-electron chi connectivity index (χ4n) is 8.12. The first kappa shape index (κ1) is 72.3. The molecule has 2 rings (SSSR count). The third-order valence-corrected chi connectivity index (χ3v) is 12.8. The van der Waals surface area contributed by atoms with E-state index in [0.29, 0.717) is 17.5 Å². The number of aliphatic hydroxyl groups is 2. The number of nitrogens with one attached hydrogen (secondary N) is 9. The third kappa shape index (κ3) is 27.0. The van der Waals surface area contributed by atoms with Gasteiger partial charge in [-0.25, -0.2) is 4.79 Å². The zero-order valence-electron chi connectivity index (χ0n) is 47.8. The van der Waals surface area contributed by atoms with E-state index in [4.69, 9.17) is 22.9 Å². The number of aliphatic imine (C=N–C) groups is 1. The van der Waals surface area contributed by atoms with Crippen molar-refractivity contribution >= 4 is 77.0 Å². The summed E-state index contributed by atoms with van der Waals surface area (Å²) in [4.78, 5) is 164. The summed E-state index contributed by atoms with van der Waals surface area (Å²) < 4.78 is 0. The Morgan fingerprint density at radius 3 is 1.31 bits per heavy atom. The number of carbonyl (C=O) groups excluding carboxylic acids is 9. The molecule has 470 valence electrons. The minimum Gasteiger partial charge on any atom is -0.481 e. The van der Waals surface area contributed by atoms with E-state index in [1.165, 1.54) is 27.7 Å². The molecule has 0 unspecified atom stereocenters. The number of amides is 9. The highest BCUT2D eigenvalue weighted by Gasteiger charge is 2.37. The molecule has 0 aliphatic rings. The van der Waals surface area contributed by atoms with Crippen LogP contribution in [0.3, 0.4) is 0 Å². The number of nitrogens with zero attached hydrogens (tertiary/aromatic N) is 1. The predicted molar refractivity (Wildman–Crippen MR) is 304 cm³/mol. The molecule has 0 aliphatic carbocycles. The molecule has 2 aromatic rings. The lowest BCUT2D eigenvalue weighted by Crippen LogP contribution is -2.62. The van der Waals surface area contributed by atoms with Crippen molar-refractivity contribution in [1.29, 1.82) is 0 Å². The second kappa shape index (κ2) is 37.4. The van der Waals surface area contributed by atoms with E-state index in [1.54, 1.807) is 60.7 Å². The number of benzene rings is 2. The number of carboxylic acids is 3. The van der Waals surface area contributed by atoms with Gasteiger partial charge < -0.3 is 96.3 Å². The van der Waals surface area contributed by atoms with Crippen LogP contribution in [0.25, 0.3) is 0 Å². The Morgan fingerprint density at radius 1 is 0.482 bits per heavy atom. The van der Waals surface area contributed by atoms with Gasteiger partial charge in [-0.3, -0.25) is 57.7 Å². The molecule has 2 aromatic carbocycles. The van der Waals surface area contributed by atoms with E-state index in [0.717, 1.165) is 0 Å². The van der Waals surface area contributed by atoms with E-state index in [2.05, 4.69) is 52.8 Å². The van der Waals surface area contributed by atoms with Crippen molar-refractivity contribution in [2.45, 2.75) is 158 Å². The van der Waals surface area contributed by atoms with Crippen LogP contribution in [0.1, 0.15) is 90.2 Å². The van der Waals surface area contributed by atoms with E-state index >= 15 is 0 Å². The van der Waals surface area contributed by atoms with E-state index in [-0.39, 0.29) is 57.6 Å². The summed E-state index contributed by atoms with van der Waals surface area (Å²) in [5.41, 5.74) is 23.1. The molecule has 0 saturated carbocycles. The zero-order valence-corrected chi connectivity index (χ0v) is 47.8. The third-order valence-electron chi connectivity index (χ3n) is 12.8. The van der Waals surface area contributed by atoms with E-state index in [1.807, 2.05) is 0 Å². The number of carboxylic acid groups (broad SMARTS) is 3. The van der Waals surface area contributed by atoms with Crippen molar-refractivity contribution in [2.75, 3.05) is 19.7 Å². The van der Waals surface area contributed by atoms with Gasteiger partial charge in [-0.2, -0.15) is 0 Å². The molecule has 31 heteroatoms. The summed E-state index contributed by atoms with van der Waals surface area (Å²) in [7, 11) is 0. The van der Waals surface area contributed by atoms with E-state index in [9.17, 15) is 83.1 Å². The normalized spacial score (nSPS) is 14.9. The van der Waals surface area contributed by atoms with Crippen LogP contribution in [0.5, 0.6) is 0 Å². The predicted octanol–water partition coefficient (Wildman–Crippen LogP) is -5.18. The molecule has 0 spiro atoms. The molecule has 0 saturated heterocycles. The highest BCUT2D eigenvalue weighted by atomic mass is 16.4. The van der Waals surface area contributed by atoms with Crippen molar-refractivity contribution in [2.24, 2.45) is 33.8 Å². The Kier molecular flexibility index (Phi) is 31.8. The highest BCUT2D eigenvalue weighted by molar-refractivity contribution is 5.99. The Labute approximate surface area is 490 Å². The van der Waals surface area contributed by atoms with Crippen molar-refractivity contribution in [1.82, 2.24) is 47.9 Å². The number of nitrogens with two attached hydrogens (primary N) is 4. The zero-order chi connectivity index (χ0) is 63.9. The molecule has 11 atom stereocenters.